The van der Waals surface area contributed by atoms with Crippen LogP contribution < -0.4 is 10.6 Å². The molecule has 0 amide bonds. The Labute approximate surface area is 164 Å². The fraction of sp³-hybridized carbons (Fsp3) is 0.412. The molecule has 25 heavy (non-hydrogen) atoms. The molecule has 0 saturated carbocycles. The Hall–Kier alpha value is -1.84. The molecule has 2 aromatic rings. The maximum atomic E-state index is 13.0. The van der Waals surface area contributed by atoms with Gasteiger partial charge in [-0.3, -0.25) is 9.67 Å². The molecule has 2 N–H and O–H groups in total. The lowest BCUT2D eigenvalue weighted by atomic mass is 10.2. The highest BCUT2D eigenvalue weighted by Crippen LogP contribution is 2.16. The summed E-state index contributed by atoms with van der Waals surface area (Å²) >= 11 is 0. The molecule has 0 unspecified atom stereocenters. The number of aryl methyl sites for hydroxylation is 1. The molecule has 1 aliphatic rings. The maximum absolute atomic E-state index is 13.0. The second-order valence-electron chi connectivity index (χ2n) is 5.96. The van der Waals surface area contributed by atoms with E-state index in [1.54, 1.807) is 4.68 Å². The molecule has 2 heterocycles. The van der Waals surface area contributed by atoms with Crippen molar-refractivity contribution in [2.75, 3.05) is 37.6 Å². The van der Waals surface area contributed by atoms with Crippen LogP contribution in [0.3, 0.4) is 0 Å². The van der Waals surface area contributed by atoms with Crippen LogP contribution in [0, 0.1) is 5.82 Å². The minimum absolute atomic E-state index is 0. The van der Waals surface area contributed by atoms with Crippen molar-refractivity contribution in [1.82, 2.24) is 14.7 Å². The van der Waals surface area contributed by atoms with E-state index in [9.17, 15) is 4.39 Å². The third-order valence-corrected chi connectivity index (χ3v) is 4.23. The Balaban J connectivity index is 0.00000225. The van der Waals surface area contributed by atoms with Crippen molar-refractivity contribution in [3.8, 4) is 0 Å². The third-order valence-electron chi connectivity index (χ3n) is 4.23. The first-order chi connectivity index (χ1) is 11.6. The number of hydrogen-bond donors (Lipinski definition) is 1. The Bertz CT molecular complexity index is 691. The van der Waals surface area contributed by atoms with Crippen molar-refractivity contribution in [1.29, 1.82) is 0 Å². The molecule has 1 aliphatic heterocycles. The molecule has 6 nitrogen and oxygen atoms in total. The predicted molar refractivity (Wildman–Crippen MR) is 109 cm³/mol. The number of guanidine groups is 1. The predicted octanol–water partition coefficient (Wildman–Crippen LogP) is 1.86. The van der Waals surface area contributed by atoms with Crippen molar-refractivity contribution in [3.05, 3.63) is 48.0 Å². The number of aliphatic imine (C=N–C) groups is 1. The van der Waals surface area contributed by atoms with Gasteiger partial charge in [0.2, 0.25) is 0 Å². The van der Waals surface area contributed by atoms with E-state index in [4.69, 9.17) is 5.73 Å². The van der Waals surface area contributed by atoms with E-state index in [0.717, 1.165) is 43.9 Å². The first-order valence-corrected chi connectivity index (χ1v) is 8.15. The van der Waals surface area contributed by atoms with E-state index >= 15 is 0 Å². The van der Waals surface area contributed by atoms with E-state index in [1.165, 1.54) is 12.1 Å². The Morgan fingerprint density at radius 1 is 1.20 bits per heavy atom. The first kappa shape index (κ1) is 19.5. The summed E-state index contributed by atoms with van der Waals surface area (Å²) in [5.41, 5.74) is 8.32. The zero-order valence-corrected chi connectivity index (χ0v) is 16.6. The molecule has 0 bridgehead atoms. The van der Waals surface area contributed by atoms with Gasteiger partial charge in [-0.15, -0.1) is 24.0 Å². The Morgan fingerprint density at radius 2 is 1.88 bits per heavy atom. The monoisotopic (exact) mass is 458 g/mol. The number of benzene rings is 1. The quantitative estimate of drug-likeness (QED) is 0.432. The second kappa shape index (κ2) is 9.02. The summed E-state index contributed by atoms with van der Waals surface area (Å²) in [5, 5.41) is 4.14. The summed E-state index contributed by atoms with van der Waals surface area (Å²) in [7, 11) is 1.90. The van der Waals surface area contributed by atoms with E-state index < -0.39 is 0 Å². The number of halogens is 2. The van der Waals surface area contributed by atoms with Gasteiger partial charge in [-0.2, -0.15) is 5.10 Å². The average molecular weight is 458 g/mol. The topological polar surface area (TPSA) is 62.7 Å². The van der Waals surface area contributed by atoms with Gasteiger partial charge in [0.25, 0.3) is 0 Å². The average Bonchev–Trinajstić information content (AvgIpc) is 3.01. The van der Waals surface area contributed by atoms with Crippen LogP contribution in [0.4, 0.5) is 10.1 Å². The number of nitrogens with zero attached hydrogens (tertiary/aromatic N) is 5. The number of rotatable bonds is 4. The van der Waals surface area contributed by atoms with Crippen LogP contribution in [0.25, 0.3) is 0 Å². The fourth-order valence-electron chi connectivity index (χ4n) is 2.85. The van der Waals surface area contributed by atoms with Crippen molar-refractivity contribution in [3.63, 3.8) is 0 Å². The summed E-state index contributed by atoms with van der Waals surface area (Å²) < 4.78 is 14.8. The van der Waals surface area contributed by atoms with Gasteiger partial charge in [-0.1, -0.05) is 0 Å². The van der Waals surface area contributed by atoms with E-state index in [2.05, 4.69) is 19.9 Å². The lowest BCUT2D eigenvalue weighted by Crippen LogP contribution is -2.51. The molecule has 0 aliphatic carbocycles. The highest BCUT2D eigenvalue weighted by atomic mass is 127. The molecule has 8 heteroatoms. The molecule has 0 spiro atoms. The summed E-state index contributed by atoms with van der Waals surface area (Å²) in [6, 6.07) is 6.62. The van der Waals surface area contributed by atoms with Gasteiger partial charge in [0.05, 0.1) is 6.20 Å². The number of nitrogens with two attached hydrogens (primary N) is 1. The zero-order valence-electron chi connectivity index (χ0n) is 14.3. The van der Waals surface area contributed by atoms with Gasteiger partial charge in [-0.05, 0) is 36.2 Å². The van der Waals surface area contributed by atoms with Gasteiger partial charge in [0.15, 0.2) is 5.96 Å². The summed E-state index contributed by atoms with van der Waals surface area (Å²) in [4.78, 5) is 8.81. The van der Waals surface area contributed by atoms with Crippen molar-refractivity contribution < 1.29 is 4.39 Å². The maximum Gasteiger partial charge on any atom is 0.191 e. The summed E-state index contributed by atoms with van der Waals surface area (Å²) in [6.07, 6.45) is 4.68. The summed E-state index contributed by atoms with van der Waals surface area (Å²) in [5.74, 6) is 0.389. The molecule has 3 rings (SSSR count). The van der Waals surface area contributed by atoms with Crippen LogP contribution in [0.2, 0.25) is 0 Å². The molecule has 1 saturated heterocycles. The minimum Gasteiger partial charge on any atom is -0.370 e. The van der Waals surface area contributed by atoms with Gasteiger partial charge in [-0.25, -0.2) is 4.39 Å². The van der Waals surface area contributed by atoms with E-state index in [-0.39, 0.29) is 29.8 Å². The van der Waals surface area contributed by atoms with Crippen LogP contribution in [0.15, 0.2) is 41.7 Å². The molecule has 1 fully saturated rings. The SMILES string of the molecule is Cn1cc(CCN=C(N)N2CCN(c3ccc(F)cc3)CC2)cn1.I. The molecule has 0 atom stereocenters. The van der Waals surface area contributed by atoms with Gasteiger partial charge < -0.3 is 15.5 Å². The summed E-state index contributed by atoms with van der Waals surface area (Å²) in [6.45, 7) is 4.00. The highest BCUT2D eigenvalue weighted by Gasteiger charge is 2.18. The van der Waals surface area contributed by atoms with E-state index in [0.29, 0.717) is 12.5 Å². The minimum atomic E-state index is -0.206. The second-order valence-corrected chi connectivity index (χ2v) is 5.96. The largest absolute Gasteiger partial charge is 0.370 e. The zero-order chi connectivity index (χ0) is 16.9. The first-order valence-electron chi connectivity index (χ1n) is 8.15. The van der Waals surface area contributed by atoms with Crippen LogP contribution in [-0.2, 0) is 13.5 Å². The molecule has 136 valence electrons. The lowest BCUT2D eigenvalue weighted by molar-refractivity contribution is 0.381. The number of anilines is 1. The smallest absolute Gasteiger partial charge is 0.191 e. The molecule has 1 aromatic heterocycles. The molecular formula is C17H24FIN6. The van der Waals surface area contributed by atoms with Crippen molar-refractivity contribution >= 4 is 35.6 Å². The molecule has 0 radical (unpaired) electrons. The van der Waals surface area contributed by atoms with Gasteiger partial charge >= 0.3 is 0 Å². The lowest BCUT2D eigenvalue weighted by Gasteiger charge is -2.36. The fourth-order valence-corrected chi connectivity index (χ4v) is 2.85. The van der Waals surface area contributed by atoms with Crippen LogP contribution in [-0.4, -0.2) is 53.4 Å². The normalized spacial score (nSPS) is 15.2. The highest BCUT2D eigenvalue weighted by molar-refractivity contribution is 14.0. The van der Waals surface area contributed by atoms with Crippen molar-refractivity contribution in [2.45, 2.75) is 6.42 Å². The van der Waals surface area contributed by atoms with Gasteiger partial charge in [0.1, 0.15) is 5.82 Å². The van der Waals surface area contributed by atoms with Crippen LogP contribution >= 0.6 is 24.0 Å². The number of hydrogen-bond acceptors (Lipinski definition) is 3. The van der Waals surface area contributed by atoms with Crippen LogP contribution in [0.5, 0.6) is 0 Å². The van der Waals surface area contributed by atoms with Crippen LogP contribution in [0.1, 0.15) is 5.56 Å². The third kappa shape index (κ3) is 5.32. The van der Waals surface area contributed by atoms with Gasteiger partial charge in [0, 0.05) is 51.7 Å². The number of piperazine rings is 1. The Kier molecular flexibility index (Phi) is 7.03. The molecule has 1 aromatic carbocycles. The standard InChI is InChI=1S/C17H23FN6.HI/c1-22-13-14(12-21-22)6-7-20-17(19)24-10-8-23(9-11-24)16-4-2-15(18)3-5-16;/h2-5,12-13H,6-11H2,1H3,(H2,19,20);1H. The van der Waals surface area contributed by atoms with E-state index in [1.807, 2.05) is 31.6 Å². The number of aromatic nitrogens is 2. The Morgan fingerprint density at radius 3 is 2.48 bits per heavy atom. The van der Waals surface area contributed by atoms with Crippen molar-refractivity contribution in [2.24, 2.45) is 17.8 Å². The molecular weight excluding hydrogens is 434 g/mol.